The zero-order chi connectivity index (χ0) is 16.7. The van der Waals surface area contributed by atoms with Gasteiger partial charge in [-0.05, 0) is 55.6 Å². The molecule has 2 rings (SSSR count). The van der Waals surface area contributed by atoms with Crippen LogP contribution in [0, 0.1) is 11.8 Å². The van der Waals surface area contributed by atoms with E-state index in [0.29, 0.717) is 12.3 Å². The highest BCUT2D eigenvalue weighted by Gasteiger charge is 2.25. The quantitative estimate of drug-likeness (QED) is 0.786. The maximum atomic E-state index is 12.0. The molecule has 1 aliphatic carbocycles. The Kier molecular flexibility index (Phi) is 6.96. The summed E-state index contributed by atoms with van der Waals surface area (Å²) in [5, 5.41) is 5.77. The molecule has 1 aromatic rings. The molecule has 0 saturated heterocycles. The molecule has 0 unspecified atom stereocenters. The van der Waals surface area contributed by atoms with E-state index in [1.807, 2.05) is 30.5 Å². The van der Waals surface area contributed by atoms with Crippen molar-refractivity contribution in [2.24, 2.45) is 11.8 Å². The second kappa shape index (κ2) is 8.96. The molecule has 126 valence electrons. The van der Waals surface area contributed by atoms with Crippen molar-refractivity contribution in [2.45, 2.75) is 37.0 Å². The van der Waals surface area contributed by atoms with Crippen LogP contribution in [-0.4, -0.2) is 31.7 Å². The van der Waals surface area contributed by atoms with Crippen LogP contribution in [0.15, 0.2) is 29.2 Å². The Hall–Kier alpha value is -1.49. The van der Waals surface area contributed by atoms with Gasteiger partial charge in [0.2, 0.25) is 11.8 Å². The van der Waals surface area contributed by atoms with E-state index in [1.165, 1.54) is 4.90 Å². The summed E-state index contributed by atoms with van der Waals surface area (Å²) in [6.07, 6.45) is 6.36. The summed E-state index contributed by atoms with van der Waals surface area (Å²) < 4.78 is 0. The minimum absolute atomic E-state index is 0.0790. The van der Waals surface area contributed by atoms with Crippen LogP contribution in [0.5, 0.6) is 0 Å². The zero-order valence-corrected chi connectivity index (χ0v) is 14.7. The molecule has 23 heavy (non-hydrogen) atoms. The standard InChI is InChI=1S/C18H26N2O2S/c1-19-18(22)15-7-3-14(4-8-15)12-20-17(21)11-13-5-9-16(23-2)10-6-13/h5-6,9-10,14-15H,3-4,7-8,11-12H2,1-2H3,(H,19,22)(H,20,21). The smallest absolute Gasteiger partial charge is 0.224 e. The minimum Gasteiger partial charge on any atom is -0.359 e. The third kappa shape index (κ3) is 5.57. The van der Waals surface area contributed by atoms with Gasteiger partial charge in [-0.25, -0.2) is 0 Å². The fourth-order valence-electron chi connectivity index (χ4n) is 3.08. The maximum Gasteiger partial charge on any atom is 0.224 e. The zero-order valence-electron chi connectivity index (χ0n) is 13.9. The number of benzene rings is 1. The van der Waals surface area contributed by atoms with Crippen molar-refractivity contribution in [1.82, 2.24) is 10.6 Å². The number of thioether (sulfide) groups is 1. The molecule has 2 amide bonds. The van der Waals surface area contributed by atoms with E-state index in [4.69, 9.17) is 0 Å². The van der Waals surface area contributed by atoms with Crippen LogP contribution in [0.25, 0.3) is 0 Å². The SMILES string of the molecule is CNC(=O)C1CCC(CNC(=O)Cc2ccc(SC)cc2)CC1. The highest BCUT2D eigenvalue weighted by molar-refractivity contribution is 7.98. The van der Waals surface area contributed by atoms with Crippen LogP contribution in [0.3, 0.4) is 0 Å². The van der Waals surface area contributed by atoms with Crippen molar-refractivity contribution in [3.63, 3.8) is 0 Å². The molecule has 1 aliphatic rings. The summed E-state index contributed by atoms with van der Waals surface area (Å²) in [4.78, 5) is 24.9. The lowest BCUT2D eigenvalue weighted by Gasteiger charge is -2.27. The monoisotopic (exact) mass is 334 g/mol. The molecule has 0 heterocycles. The fourth-order valence-corrected chi connectivity index (χ4v) is 3.49. The van der Waals surface area contributed by atoms with E-state index < -0.39 is 0 Å². The van der Waals surface area contributed by atoms with Gasteiger partial charge >= 0.3 is 0 Å². The van der Waals surface area contributed by atoms with Gasteiger partial charge in [0.25, 0.3) is 0 Å². The average Bonchev–Trinajstić information content (AvgIpc) is 2.60. The van der Waals surface area contributed by atoms with Gasteiger partial charge in [0.1, 0.15) is 0 Å². The largest absolute Gasteiger partial charge is 0.359 e. The van der Waals surface area contributed by atoms with Crippen molar-refractivity contribution in [3.8, 4) is 0 Å². The Labute approximate surface area is 142 Å². The first-order valence-corrected chi connectivity index (χ1v) is 9.46. The summed E-state index contributed by atoms with van der Waals surface area (Å²) in [6, 6.07) is 8.13. The summed E-state index contributed by atoms with van der Waals surface area (Å²) >= 11 is 1.70. The van der Waals surface area contributed by atoms with Crippen LogP contribution in [0.2, 0.25) is 0 Å². The van der Waals surface area contributed by atoms with Gasteiger partial charge < -0.3 is 10.6 Å². The number of carbonyl (C=O) groups is 2. The Bertz CT molecular complexity index is 522. The van der Waals surface area contributed by atoms with E-state index in [0.717, 1.165) is 37.8 Å². The topological polar surface area (TPSA) is 58.2 Å². The van der Waals surface area contributed by atoms with Gasteiger partial charge in [-0.3, -0.25) is 9.59 Å². The molecular weight excluding hydrogens is 308 g/mol. The van der Waals surface area contributed by atoms with E-state index >= 15 is 0 Å². The van der Waals surface area contributed by atoms with Crippen molar-refractivity contribution in [3.05, 3.63) is 29.8 Å². The summed E-state index contributed by atoms with van der Waals surface area (Å²) in [6.45, 7) is 0.724. The lowest BCUT2D eigenvalue weighted by molar-refractivity contribution is -0.126. The van der Waals surface area contributed by atoms with Gasteiger partial charge in [0.15, 0.2) is 0 Å². The highest BCUT2D eigenvalue weighted by atomic mass is 32.2. The first-order valence-electron chi connectivity index (χ1n) is 8.23. The van der Waals surface area contributed by atoms with Crippen molar-refractivity contribution in [1.29, 1.82) is 0 Å². The van der Waals surface area contributed by atoms with Crippen molar-refractivity contribution in [2.75, 3.05) is 19.8 Å². The first-order chi connectivity index (χ1) is 11.1. The Morgan fingerprint density at radius 3 is 2.35 bits per heavy atom. The van der Waals surface area contributed by atoms with Gasteiger partial charge in [-0.1, -0.05) is 12.1 Å². The van der Waals surface area contributed by atoms with Crippen LogP contribution < -0.4 is 10.6 Å². The number of hydrogen-bond donors (Lipinski definition) is 2. The summed E-state index contributed by atoms with van der Waals surface area (Å²) in [5.74, 6) is 0.886. The number of rotatable bonds is 6. The summed E-state index contributed by atoms with van der Waals surface area (Å²) in [5.41, 5.74) is 1.05. The second-order valence-electron chi connectivity index (χ2n) is 6.16. The molecule has 0 aromatic heterocycles. The normalized spacial score (nSPS) is 20.8. The number of amides is 2. The molecule has 1 saturated carbocycles. The first kappa shape index (κ1) is 17.9. The average molecular weight is 334 g/mol. The Morgan fingerprint density at radius 1 is 1.13 bits per heavy atom. The lowest BCUT2D eigenvalue weighted by Crippen LogP contribution is -2.35. The molecule has 0 spiro atoms. The number of nitrogens with one attached hydrogen (secondary N) is 2. The van der Waals surface area contributed by atoms with E-state index in [9.17, 15) is 9.59 Å². The van der Waals surface area contributed by atoms with E-state index in [1.54, 1.807) is 18.8 Å². The molecule has 2 N–H and O–H groups in total. The molecule has 0 bridgehead atoms. The Balaban J connectivity index is 1.69. The molecule has 4 nitrogen and oxygen atoms in total. The third-order valence-electron chi connectivity index (χ3n) is 4.58. The van der Waals surface area contributed by atoms with E-state index in [2.05, 4.69) is 10.6 Å². The summed E-state index contributed by atoms with van der Waals surface area (Å²) in [7, 11) is 1.69. The molecule has 0 atom stereocenters. The fraction of sp³-hybridized carbons (Fsp3) is 0.556. The molecule has 5 heteroatoms. The lowest BCUT2D eigenvalue weighted by atomic mass is 9.81. The molecule has 1 fully saturated rings. The minimum atomic E-state index is 0.0790. The number of carbonyl (C=O) groups excluding carboxylic acids is 2. The van der Waals surface area contributed by atoms with Crippen LogP contribution >= 0.6 is 11.8 Å². The van der Waals surface area contributed by atoms with E-state index in [-0.39, 0.29) is 17.7 Å². The van der Waals surface area contributed by atoms with Crippen LogP contribution in [0.4, 0.5) is 0 Å². The highest BCUT2D eigenvalue weighted by Crippen LogP contribution is 2.28. The Morgan fingerprint density at radius 2 is 1.78 bits per heavy atom. The van der Waals surface area contributed by atoms with Crippen LogP contribution in [0.1, 0.15) is 31.2 Å². The molecule has 0 aliphatic heterocycles. The predicted molar refractivity (Wildman–Crippen MR) is 94.5 cm³/mol. The van der Waals surface area contributed by atoms with Gasteiger partial charge in [-0.15, -0.1) is 11.8 Å². The maximum absolute atomic E-state index is 12.0. The molecule has 1 aromatic carbocycles. The van der Waals surface area contributed by atoms with Crippen molar-refractivity contribution < 1.29 is 9.59 Å². The predicted octanol–water partition coefficient (Wildman–Crippen LogP) is 2.62. The van der Waals surface area contributed by atoms with Crippen molar-refractivity contribution >= 4 is 23.6 Å². The number of hydrogen-bond acceptors (Lipinski definition) is 3. The third-order valence-corrected chi connectivity index (χ3v) is 5.32. The molecular formula is C18H26N2O2S. The van der Waals surface area contributed by atoms with Gasteiger partial charge in [-0.2, -0.15) is 0 Å². The van der Waals surface area contributed by atoms with Crippen LogP contribution in [-0.2, 0) is 16.0 Å². The van der Waals surface area contributed by atoms with Gasteiger partial charge in [0.05, 0.1) is 6.42 Å². The second-order valence-corrected chi connectivity index (χ2v) is 7.04. The van der Waals surface area contributed by atoms with Gasteiger partial charge in [0, 0.05) is 24.4 Å². The molecule has 0 radical (unpaired) electrons.